The van der Waals surface area contributed by atoms with E-state index in [1.165, 1.54) is 0 Å². The summed E-state index contributed by atoms with van der Waals surface area (Å²) < 4.78 is 0. The lowest BCUT2D eigenvalue weighted by Gasteiger charge is -2.35. The number of hydrogen-bond acceptors (Lipinski definition) is 5. The Balaban J connectivity index is 2.05. The number of aromatic nitrogens is 2. The molecular weight excluding hydrogens is 240 g/mol. The Morgan fingerprint density at radius 1 is 1.21 bits per heavy atom. The molecule has 3 N–H and O–H groups in total. The standard InChI is InChI=1S/C14H18N4O/c15-13-14(18-8-4-3-5-10(18)9-19)17-12-7-2-1-6-11(12)16-13/h1-2,6-7,10,19H,3-5,8-9H2,(H2,15,16)/t10-/m0/s1. The number of piperidine rings is 1. The largest absolute Gasteiger partial charge is 0.394 e. The van der Waals surface area contributed by atoms with Gasteiger partial charge < -0.3 is 15.7 Å². The number of nitrogens with zero attached hydrogens (tertiary/aromatic N) is 3. The first-order valence-electron chi connectivity index (χ1n) is 6.69. The number of para-hydroxylation sites is 2. The average molecular weight is 258 g/mol. The summed E-state index contributed by atoms with van der Waals surface area (Å²) >= 11 is 0. The van der Waals surface area contributed by atoms with E-state index in [1.54, 1.807) is 0 Å². The number of nitrogens with two attached hydrogens (primary N) is 1. The molecule has 1 aromatic carbocycles. The molecular formula is C14H18N4O. The fourth-order valence-corrected chi connectivity index (χ4v) is 2.68. The van der Waals surface area contributed by atoms with Crippen LogP contribution in [0.1, 0.15) is 19.3 Å². The van der Waals surface area contributed by atoms with Gasteiger partial charge in [0.15, 0.2) is 11.6 Å². The van der Waals surface area contributed by atoms with Crippen LogP contribution in [-0.4, -0.2) is 34.3 Å². The van der Waals surface area contributed by atoms with Gasteiger partial charge in [-0.05, 0) is 31.4 Å². The van der Waals surface area contributed by atoms with Gasteiger partial charge in [0.25, 0.3) is 0 Å². The second-order valence-electron chi connectivity index (χ2n) is 4.95. The van der Waals surface area contributed by atoms with Crippen molar-refractivity contribution in [2.75, 3.05) is 23.8 Å². The zero-order valence-electron chi connectivity index (χ0n) is 10.8. The maximum Gasteiger partial charge on any atom is 0.172 e. The summed E-state index contributed by atoms with van der Waals surface area (Å²) in [5, 5.41) is 9.50. The molecule has 1 fully saturated rings. The number of benzene rings is 1. The molecule has 0 bridgehead atoms. The Kier molecular flexibility index (Phi) is 3.21. The molecule has 1 aromatic heterocycles. The van der Waals surface area contributed by atoms with Crippen molar-refractivity contribution in [3.05, 3.63) is 24.3 Å². The molecule has 0 amide bonds. The van der Waals surface area contributed by atoms with Crippen LogP contribution in [0.3, 0.4) is 0 Å². The fourth-order valence-electron chi connectivity index (χ4n) is 2.68. The number of fused-ring (bicyclic) bond motifs is 1. The van der Waals surface area contributed by atoms with E-state index in [9.17, 15) is 5.11 Å². The monoisotopic (exact) mass is 258 g/mol. The molecule has 5 heteroatoms. The van der Waals surface area contributed by atoms with Crippen molar-refractivity contribution < 1.29 is 5.11 Å². The molecule has 1 aliphatic heterocycles. The molecule has 0 unspecified atom stereocenters. The highest BCUT2D eigenvalue weighted by Gasteiger charge is 2.25. The maximum atomic E-state index is 9.50. The summed E-state index contributed by atoms with van der Waals surface area (Å²) in [5.41, 5.74) is 7.69. The summed E-state index contributed by atoms with van der Waals surface area (Å²) in [6, 6.07) is 7.81. The lowest BCUT2D eigenvalue weighted by atomic mass is 10.0. The lowest BCUT2D eigenvalue weighted by Crippen LogP contribution is -2.42. The minimum Gasteiger partial charge on any atom is -0.394 e. The average Bonchev–Trinajstić information content (AvgIpc) is 2.46. The minimum absolute atomic E-state index is 0.103. The number of nitrogen functional groups attached to an aromatic ring is 1. The molecule has 0 spiro atoms. The van der Waals surface area contributed by atoms with Gasteiger partial charge in [0.05, 0.1) is 23.7 Å². The smallest absolute Gasteiger partial charge is 0.172 e. The third kappa shape index (κ3) is 2.21. The van der Waals surface area contributed by atoms with E-state index in [2.05, 4.69) is 14.9 Å². The summed E-state index contributed by atoms with van der Waals surface area (Å²) in [6.07, 6.45) is 3.22. The van der Waals surface area contributed by atoms with Crippen molar-refractivity contribution in [3.8, 4) is 0 Å². The number of rotatable bonds is 2. The Morgan fingerprint density at radius 2 is 1.95 bits per heavy atom. The van der Waals surface area contributed by atoms with Crippen molar-refractivity contribution in [3.63, 3.8) is 0 Å². The quantitative estimate of drug-likeness (QED) is 0.855. The Labute approximate surface area is 112 Å². The van der Waals surface area contributed by atoms with Crippen LogP contribution in [0, 0.1) is 0 Å². The van der Waals surface area contributed by atoms with Crippen LogP contribution in [0.15, 0.2) is 24.3 Å². The Bertz CT molecular complexity index is 587. The number of hydrogen-bond donors (Lipinski definition) is 2. The number of anilines is 2. The van der Waals surface area contributed by atoms with Gasteiger partial charge in [-0.15, -0.1) is 0 Å². The third-order valence-corrected chi connectivity index (χ3v) is 3.69. The Hall–Kier alpha value is -1.88. The zero-order valence-corrected chi connectivity index (χ0v) is 10.8. The summed E-state index contributed by atoms with van der Waals surface area (Å²) in [5.74, 6) is 1.15. The van der Waals surface area contributed by atoms with E-state index in [-0.39, 0.29) is 12.6 Å². The number of aliphatic hydroxyl groups excluding tert-OH is 1. The van der Waals surface area contributed by atoms with E-state index < -0.39 is 0 Å². The molecule has 1 aliphatic rings. The predicted molar refractivity (Wildman–Crippen MR) is 76.0 cm³/mol. The SMILES string of the molecule is Nc1nc2ccccc2nc1N1CCCC[C@H]1CO. The summed E-state index contributed by atoms with van der Waals surface area (Å²) in [6.45, 7) is 1.01. The van der Waals surface area contributed by atoms with Gasteiger partial charge in [0, 0.05) is 6.54 Å². The van der Waals surface area contributed by atoms with Gasteiger partial charge in [-0.3, -0.25) is 0 Å². The second kappa shape index (κ2) is 5.01. The Morgan fingerprint density at radius 3 is 2.68 bits per heavy atom. The van der Waals surface area contributed by atoms with Gasteiger partial charge in [0.1, 0.15) is 0 Å². The third-order valence-electron chi connectivity index (χ3n) is 3.69. The highest BCUT2D eigenvalue weighted by Crippen LogP contribution is 2.28. The molecule has 19 heavy (non-hydrogen) atoms. The van der Waals surface area contributed by atoms with Crippen molar-refractivity contribution in [1.29, 1.82) is 0 Å². The predicted octanol–water partition coefficient (Wildman–Crippen LogP) is 1.56. The van der Waals surface area contributed by atoms with E-state index >= 15 is 0 Å². The van der Waals surface area contributed by atoms with Crippen molar-refractivity contribution in [2.45, 2.75) is 25.3 Å². The molecule has 0 radical (unpaired) electrons. The molecule has 0 saturated carbocycles. The van der Waals surface area contributed by atoms with Crippen LogP contribution < -0.4 is 10.6 Å². The van der Waals surface area contributed by atoms with Gasteiger partial charge in [0.2, 0.25) is 0 Å². The van der Waals surface area contributed by atoms with Gasteiger partial charge in [-0.25, -0.2) is 9.97 Å². The maximum absolute atomic E-state index is 9.50. The van der Waals surface area contributed by atoms with E-state index in [0.717, 1.165) is 36.8 Å². The molecule has 1 saturated heterocycles. The summed E-state index contributed by atoms with van der Waals surface area (Å²) in [4.78, 5) is 11.1. The number of aliphatic hydroxyl groups is 1. The van der Waals surface area contributed by atoms with Crippen molar-refractivity contribution >= 4 is 22.7 Å². The second-order valence-corrected chi connectivity index (χ2v) is 4.95. The van der Waals surface area contributed by atoms with E-state index in [4.69, 9.17) is 5.73 Å². The molecule has 5 nitrogen and oxygen atoms in total. The molecule has 2 heterocycles. The minimum atomic E-state index is 0.103. The fraction of sp³-hybridized carbons (Fsp3) is 0.429. The topological polar surface area (TPSA) is 75.3 Å². The molecule has 0 aliphatic carbocycles. The normalized spacial score (nSPS) is 19.8. The summed E-state index contributed by atoms with van der Waals surface area (Å²) in [7, 11) is 0. The van der Waals surface area contributed by atoms with E-state index in [1.807, 2.05) is 24.3 Å². The van der Waals surface area contributed by atoms with E-state index in [0.29, 0.717) is 11.6 Å². The first-order valence-corrected chi connectivity index (χ1v) is 6.69. The van der Waals surface area contributed by atoms with Gasteiger partial charge >= 0.3 is 0 Å². The van der Waals surface area contributed by atoms with Gasteiger partial charge in [-0.2, -0.15) is 0 Å². The first-order chi connectivity index (χ1) is 9.29. The van der Waals surface area contributed by atoms with Crippen LogP contribution >= 0.6 is 0 Å². The molecule has 100 valence electrons. The van der Waals surface area contributed by atoms with Crippen molar-refractivity contribution in [2.24, 2.45) is 0 Å². The molecule has 1 atom stereocenters. The molecule has 2 aromatic rings. The van der Waals surface area contributed by atoms with Crippen LogP contribution in [0.2, 0.25) is 0 Å². The van der Waals surface area contributed by atoms with Crippen LogP contribution in [-0.2, 0) is 0 Å². The highest BCUT2D eigenvalue weighted by molar-refractivity contribution is 5.79. The molecule has 3 rings (SSSR count). The van der Waals surface area contributed by atoms with Crippen molar-refractivity contribution in [1.82, 2.24) is 9.97 Å². The highest BCUT2D eigenvalue weighted by atomic mass is 16.3. The zero-order chi connectivity index (χ0) is 13.2. The van der Waals surface area contributed by atoms with Gasteiger partial charge in [-0.1, -0.05) is 12.1 Å². The first kappa shape index (κ1) is 12.2. The van der Waals surface area contributed by atoms with Crippen LogP contribution in [0.4, 0.5) is 11.6 Å². The lowest BCUT2D eigenvalue weighted by molar-refractivity contribution is 0.239. The van der Waals surface area contributed by atoms with Crippen LogP contribution in [0.5, 0.6) is 0 Å². The van der Waals surface area contributed by atoms with Crippen LogP contribution in [0.25, 0.3) is 11.0 Å².